The van der Waals surface area contributed by atoms with Crippen molar-refractivity contribution in [3.8, 4) is 0 Å². The number of piperidine rings is 2. The first-order valence-electron chi connectivity index (χ1n) is 12.4. The molecule has 0 aromatic heterocycles. The largest absolute Gasteiger partial charge is 0.498 e. The quantitative estimate of drug-likeness (QED) is 0.350. The number of likely N-dealkylation sites (tertiary alicyclic amines) is 1. The molecule has 3 aliphatic heterocycles. The van der Waals surface area contributed by atoms with Gasteiger partial charge in [0, 0.05) is 42.5 Å². The first kappa shape index (κ1) is 21.7. The van der Waals surface area contributed by atoms with Crippen molar-refractivity contribution in [1.82, 2.24) is 9.80 Å². The summed E-state index contributed by atoms with van der Waals surface area (Å²) in [7, 11) is 0. The van der Waals surface area contributed by atoms with E-state index in [2.05, 4.69) is 28.0 Å². The van der Waals surface area contributed by atoms with E-state index in [0.29, 0.717) is 23.8 Å². The van der Waals surface area contributed by atoms with Crippen LogP contribution in [-0.2, 0) is 4.74 Å². The van der Waals surface area contributed by atoms with Crippen LogP contribution >= 0.6 is 0 Å². The smallest absolute Gasteiger partial charge is 0.269 e. The fraction of sp³-hybridized carbons (Fsp3) is 0.615. The van der Waals surface area contributed by atoms with Crippen molar-refractivity contribution in [3.05, 3.63) is 63.9 Å². The van der Waals surface area contributed by atoms with Gasteiger partial charge >= 0.3 is 0 Å². The Kier molecular flexibility index (Phi) is 6.60. The second kappa shape index (κ2) is 9.75. The van der Waals surface area contributed by atoms with Crippen molar-refractivity contribution in [2.45, 2.75) is 50.5 Å². The Hall–Kier alpha value is -2.18. The number of rotatable bonds is 7. The summed E-state index contributed by atoms with van der Waals surface area (Å²) < 4.78 is 6.36. The van der Waals surface area contributed by atoms with Crippen LogP contribution in [0.5, 0.6) is 0 Å². The number of allylic oxidation sites excluding steroid dienone is 3. The minimum atomic E-state index is -0.315. The van der Waals surface area contributed by atoms with Crippen molar-refractivity contribution >= 4 is 5.69 Å². The van der Waals surface area contributed by atoms with E-state index in [4.69, 9.17) is 4.74 Å². The molecular weight excluding hydrogens is 402 g/mol. The summed E-state index contributed by atoms with van der Waals surface area (Å²) in [4.78, 5) is 16.0. The second-order valence-corrected chi connectivity index (χ2v) is 9.80. The third-order valence-electron chi connectivity index (χ3n) is 7.97. The highest BCUT2D eigenvalue weighted by molar-refractivity contribution is 5.36. The Morgan fingerprint density at radius 3 is 2.50 bits per heavy atom. The molecule has 172 valence electrons. The van der Waals surface area contributed by atoms with Crippen molar-refractivity contribution < 1.29 is 9.66 Å². The average molecular weight is 438 g/mol. The van der Waals surface area contributed by atoms with E-state index in [1.165, 1.54) is 43.7 Å². The molecule has 5 rings (SSSR count). The predicted octanol–water partition coefficient (Wildman–Crippen LogP) is 4.74. The van der Waals surface area contributed by atoms with Crippen LogP contribution in [0.1, 0.15) is 50.0 Å². The maximum Gasteiger partial charge on any atom is 0.269 e. The molecule has 3 fully saturated rings. The first-order valence-corrected chi connectivity index (χ1v) is 12.4. The first-order chi connectivity index (χ1) is 15.7. The standard InChI is InChI=1S/C26H35N3O3/c30-29(31)21-10-8-20(9-11-21)22-12-17-28-18-13-23-24(26(22)28)6-4-7-25(23)32-19-5-16-27-14-2-1-3-15-27/h4,6-11,22-24,26H,1-3,5,12-19H2. The van der Waals surface area contributed by atoms with E-state index in [1.54, 1.807) is 12.1 Å². The molecule has 0 spiro atoms. The monoisotopic (exact) mass is 437 g/mol. The van der Waals surface area contributed by atoms with Crippen LogP contribution in [-0.4, -0.2) is 60.1 Å². The zero-order valence-corrected chi connectivity index (χ0v) is 18.9. The minimum Gasteiger partial charge on any atom is -0.498 e. The van der Waals surface area contributed by atoms with Gasteiger partial charge in [0.15, 0.2) is 0 Å². The molecule has 32 heavy (non-hydrogen) atoms. The average Bonchev–Trinajstić information content (AvgIpc) is 3.27. The fourth-order valence-electron chi connectivity index (χ4n) is 6.39. The summed E-state index contributed by atoms with van der Waals surface area (Å²) in [5.41, 5.74) is 1.40. The lowest BCUT2D eigenvalue weighted by atomic mass is 9.72. The third kappa shape index (κ3) is 4.48. The Morgan fingerprint density at radius 1 is 1.00 bits per heavy atom. The molecule has 4 atom stereocenters. The normalized spacial score (nSPS) is 30.4. The summed E-state index contributed by atoms with van der Waals surface area (Å²) in [5.74, 6) is 2.50. The molecule has 3 heterocycles. The van der Waals surface area contributed by atoms with Crippen molar-refractivity contribution in [2.24, 2.45) is 11.8 Å². The van der Waals surface area contributed by atoms with Gasteiger partial charge in [-0.1, -0.05) is 30.7 Å². The van der Waals surface area contributed by atoms with Gasteiger partial charge in [0.1, 0.15) is 0 Å². The van der Waals surface area contributed by atoms with Crippen LogP contribution in [0.25, 0.3) is 0 Å². The highest BCUT2D eigenvalue weighted by Gasteiger charge is 2.47. The van der Waals surface area contributed by atoms with E-state index in [0.717, 1.165) is 45.5 Å². The van der Waals surface area contributed by atoms with Crippen molar-refractivity contribution in [1.29, 1.82) is 0 Å². The molecule has 1 aromatic carbocycles. The van der Waals surface area contributed by atoms with E-state index in [9.17, 15) is 10.1 Å². The molecular formula is C26H35N3O3. The van der Waals surface area contributed by atoms with Crippen LogP contribution < -0.4 is 0 Å². The Labute approximate surface area is 191 Å². The van der Waals surface area contributed by atoms with Gasteiger partial charge < -0.3 is 9.64 Å². The summed E-state index contributed by atoms with van der Waals surface area (Å²) in [5, 5.41) is 11.0. The lowest BCUT2D eigenvalue weighted by Crippen LogP contribution is -2.48. The summed E-state index contributed by atoms with van der Waals surface area (Å²) in [6.45, 7) is 6.67. The molecule has 6 heteroatoms. The molecule has 0 saturated carbocycles. The van der Waals surface area contributed by atoms with Crippen LogP contribution in [0.2, 0.25) is 0 Å². The summed E-state index contributed by atoms with van der Waals surface area (Å²) in [6, 6.07) is 7.71. The highest BCUT2D eigenvalue weighted by atomic mass is 16.6. The zero-order valence-electron chi connectivity index (χ0n) is 18.9. The number of non-ortho nitro benzene ring substituents is 1. The number of hydrogen-bond donors (Lipinski definition) is 0. The molecule has 0 radical (unpaired) electrons. The van der Waals surface area contributed by atoms with Crippen LogP contribution in [0, 0.1) is 22.0 Å². The van der Waals surface area contributed by atoms with Gasteiger partial charge in [0.25, 0.3) is 5.69 Å². The molecule has 4 aliphatic rings. The van der Waals surface area contributed by atoms with E-state index in [1.807, 2.05) is 12.1 Å². The number of nitrogens with zero attached hydrogens (tertiary/aromatic N) is 3. The Bertz CT molecular complexity index is 860. The van der Waals surface area contributed by atoms with E-state index in [-0.39, 0.29) is 10.6 Å². The van der Waals surface area contributed by atoms with Gasteiger partial charge in [-0.3, -0.25) is 15.0 Å². The van der Waals surface area contributed by atoms with E-state index >= 15 is 0 Å². The topological polar surface area (TPSA) is 58.9 Å². The minimum absolute atomic E-state index is 0.172. The highest BCUT2D eigenvalue weighted by Crippen LogP contribution is 2.47. The maximum atomic E-state index is 11.0. The lowest BCUT2D eigenvalue weighted by molar-refractivity contribution is -0.384. The number of nitro groups is 1. The maximum absolute atomic E-state index is 11.0. The zero-order chi connectivity index (χ0) is 21.9. The molecule has 1 aliphatic carbocycles. The van der Waals surface area contributed by atoms with Gasteiger partial charge in [-0.15, -0.1) is 0 Å². The molecule has 4 unspecified atom stereocenters. The van der Waals surface area contributed by atoms with Gasteiger partial charge in [-0.05, 0) is 69.9 Å². The van der Waals surface area contributed by atoms with Gasteiger partial charge in [0.2, 0.25) is 0 Å². The summed E-state index contributed by atoms with van der Waals surface area (Å²) in [6.07, 6.45) is 14.2. The number of ether oxygens (including phenoxy) is 1. The number of hydrogen-bond acceptors (Lipinski definition) is 5. The molecule has 0 N–H and O–H groups in total. The second-order valence-electron chi connectivity index (χ2n) is 9.80. The summed E-state index contributed by atoms with van der Waals surface area (Å²) >= 11 is 0. The number of fused-ring (bicyclic) bond motifs is 3. The van der Waals surface area contributed by atoms with Gasteiger partial charge in [-0.25, -0.2) is 0 Å². The van der Waals surface area contributed by atoms with Crippen LogP contribution in [0.15, 0.2) is 48.3 Å². The van der Waals surface area contributed by atoms with Gasteiger partial charge in [-0.2, -0.15) is 0 Å². The molecule has 3 saturated heterocycles. The van der Waals surface area contributed by atoms with Crippen molar-refractivity contribution in [2.75, 3.05) is 39.3 Å². The lowest BCUT2D eigenvalue weighted by Gasteiger charge is -2.44. The molecule has 1 aromatic rings. The van der Waals surface area contributed by atoms with Gasteiger partial charge in [0.05, 0.1) is 17.3 Å². The predicted molar refractivity (Wildman–Crippen MR) is 125 cm³/mol. The Balaban J connectivity index is 1.22. The van der Waals surface area contributed by atoms with E-state index < -0.39 is 0 Å². The van der Waals surface area contributed by atoms with Crippen LogP contribution in [0.4, 0.5) is 5.69 Å². The molecule has 0 amide bonds. The molecule has 6 nitrogen and oxygen atoms in total. The SMILES string of the molecule is O=[N+]([O-])c1ccc(C2CCN3CCC4C(OCCCN5CCCCC5)=CC=CC4C23)cc1. The number of benzene rings is 1. The Morgan fingerprint density at radius 2 is 1.75 bits per heavy atom. The number of nitro benzene ring substituents is 1. The van der Waals surface area contributed by atoms with Crippen LogP contribution in [0.3, 0.4) is 0 Å². The third-order valence-corrected chi connectivity index (χ3v) is 7.97. The fourth-order valence-corrected chi connectivity index (χ4v) is 6.39. The van der Waals surface area contributed by atoms with Crippen molar-refractivity contribution in [3.63, 3.8) is 0 Å². The molecule has 0 bridgehead atoms.